The van der Waals surface area contributed by atoms with E-state index in [-0.39, 0.29) is 29.3 Å². The van der Waals surface area contributed by atoms with Crippen molar-refractivity contribution in [3.05, 3.63) is 29.5 Å². The van der Waals surface area contributed by atoms with Crippen LogP contribution < -0.4 is 10.5 Å². The number of aromatic nitrogens is 3. The number of hydrogen-bond acceptors (Lipinski definition) is 4. The van der Waals surface area contributed by atoms with Crippen molar-refractivity contribution in [3.63, 3.8) is 0 Å². The number of carbonyl (C=O) groups excluding carboxylic acids is 1. The molecule has 112 valence electrons. The second kappa shape index (κ2) is 5.43. The van der Waals surface area contributed by atoms with Gasteiger partial charge in [-0.3, -0.25) is 4.79 Å². The van der Waals surface area contributed by atoms with Crippen molar-refractivity contribution < 1.29 is 22.7 Å². The second-order valence-corrected chi connectivity index (χ2v) is 4.03. The molecule has 1 amide bonds. The van der Waals surface area contributed by atoms with Crippen LogP contribution in [-0.4, -0.2) is 27.9 Å². The molecular weight excluding hydrogens is 289 g/mol. The average Bonchev–Trinajstić information content (AvgIpc) is 2.87. The average molecular weight is 300 g/mol. The van der Waals surface area contributed by atoms with Gasteiger partial charge in [0.25, 0.3) is 5.91 Å². The van der Waals surface area contributed by atoms with Crippen molar-refractivity contribution in [1.82, 2.24) is 15.4 Å². The highest BCUT2D eigenvalue weighted by Gasteiger charge is 2.32. The summed E-state index contributed by atoms with van der Waals surface area (Å²) < 4.78 is 43.7. The lowest BCUT2D eigenvalue weighted by Gasteiger charge is -2.12. The Kier molecular flexibility index (Phi) is 3.83. The Hall–Kier alpha value is -2.58. The molecule has 1 aromatic heterocycles. The number of nitrogens with one attached hydrogen (secondary N) is 1. The monoisotopic (exact) mass is 300 g/mol. The summed E-state index contributed by atoms with van der Waals surface area (Å²) in [5.74, 6) is -0.750. The van der Waals surface area contributed by atoms with Crippen LogP contribution in [-0.2, 0) is 6.18 Å². The zero-order valence-electron chi connectivity index (χ0n) is 10.9. The van der Waals surface area contributed by atoms with E-state index in [2.05, 4.69) is 15.4 Å². The Morgan fingerprint density at radius 3 is 2.67 bits per heavy atom. The van der Waals surface area contributed by atoms with E-state index in [9.17, 15) is 18.0 Å². The van der Waals surface area contributed by atoms with Gasteiger partial charge < -0.3 is 10.5 Å². The number of nitrogens with two attached hydrogens (primary N) is 1. The number of rotatable bonds is 4. The number of aromatic amines is 1. The summed E-state index contributed by atoms with van der Waals surface area (Å²) in [5, 5.41) is 9.40. The molecule has 6 nitrogen and oxygen atoms in total. The molecule has 9 heteroatoms. The fourth-order valence-corrected chi connectivity index (χ4v) is 1.76. The van der Waals surface area contributed by atoms with Gasteiger partial charge in [-0.25, -0.2) is 0 Å². The first-order valence-electron chi connectivity index (χ1n) is 5.89. The summed E-state index contributed by atoms with van der Waals surface area (Å²) in [7, 11) is 0. The third-order valence-corrected chi connectivity index (χ3v) is 2.64. The summed E-state index contributed by atoms with van der Waals surface area (Å²) >= 11 is 0. The molecule has 1 heterocycles. The molecule has 0 saturated carbocycles. The Morgan fingerprint density at radius 1 is 1.38 bits per heavy atom. The van der Waals surface area contributed by atoms with Crippen molar-refractivity contribution in [2.24, 2.45) is 5.73 Å². The molecule has 0 unspecified atom stereocenters. The largest absolute Gasteiger partial charge is 0.493 e. The van der Waals surface area contributed by atoms with Gasteiger partial charge in [0.15, 0.2) is 5.69 Å². The van der Waals surface area contributed by atoms with Crippen LogP contribution in [0.15, 0.2) is 18.2 Å². The summed E-state index contributed by atoms with van der Waals surface area (Å²) in [6, 6.07) is 2.90. The number of amides is 1. The number of halogens is 3. The van der Waals surface area contributed by atoms with Gasteiger partial charge in [-0.05, 0) is 25.1 Å². The van der Waals surface area contributed by atoms with Crippen molar-refractivity contribution in [1.29, 1.82) is 0 Å². The maximum absolute atomic E-state index is 12.8. The Morgan fingerprint density at radius 2 is 2.10 bits per heavy atom. The van der Waals surface area contributed by atoms with Crippen molar-refractivity contribution in [3.8, 4) is 17.0 Å². The molecule has 0 aliphatic carbocycles. The minimum absolute atomic E-state index is 0.00535. The van der Waals surface area contributed by atoms with Crippen LogP contribution in [0.1, 0.15) is 23.0 Å². The van der Waals surface area contributed by atoms with Crippen LogP contribution >= 0.6 is 0 Å². The van der Waals surface area contributed by atoms with Gasteiger partial charge in [-0.1, -0.05) is 0 Å². The molecule has 2 aromatic rings. The molecule has 0 bridgehead atoms. The SMILES string of the molecule is CCOc1ccc(C(F)(F)F)cc1-c1n[nH]nc1C(N)=O. The van der Waals surface area contributed by atoms with Crippen molar-refractivity contribution in [2.45, 2.75) is 13.1 Å². The fourth-order valence-electron chi connectivity index (χ4n) is 1.76. The number of alkyl halides is 3. The Bertz CT molecular complexity index is 667. The molecule has 0 fully saturated rings. The quantitative estimate of drug-likeness (QED) is 0.902. The molecule has 0 radical (unpaired) electrons. The molecule has 0 aliphatic heterocycles. The number of ether oxygens (including phenoxy) is 1. The standard InChI is InChI=1S/C12H11F3N4O2/c1-2-21-8-4-3-6(12(13,14)15)5-7(8)9-10(11(16)20)18-19-17-9/h3-5H,2H2,1H3,(H2,16,20)(H,17,18,19). The lowest BCUT2D eigenvalue weighted by Crippen LogP contribution is -2.13. The van der Waals surface area contributed by atoms with E-state index in [4.69, 9.17) is 10.5 Å². The number of hydrogen-bond donors (Lipinski definition) is 2. The van der Waals surface area contributed by atoms with E-state index in [1.165, 1.54) is 6.07 Å². The third kappa shape index (κ3) is 2.96. The summed E-state index contributed by atoms with van der Waals surface area (Å²) in [5.41, 5.74) is 3.88. The van der Waals surface area contributed by atoms with E-state index >= 15 is 0 Å². The summed E-state index contributed by atoms with van der Waals surface area (Å²) in [6.07, 6.45) is -4.53. The number of carbonyl (C=O) groups is 1. The fraction of sp³-hybridized carbons (Fsp3) is 0.250. The number of benzene rings is 1. The van der Waals surface area contributed by atoms with Gasteiger partial charge in [0, 0.05) is 5.56 Å². The number of primary amides is 1. The Balaban J connectivity index is 2.63. The molecule has 21 heavy (non-hydrogen) atoms. The van der Waals surface area contributed by atoms with Crippen LogP contribution in [0.5, 0.6) is 5.75 Å². The first-order valence-corrected chi connectivity index (χ1v) is 5.89. The number of nitrogens with zero attached hydrogens (tertiary/aromatic N) is 2. The van der Waals surface area contributed by atoms with E-state index in [0.717, 1.165) is 12.1 Å². The second-order valence-electron chi connectivity index (χ2n) is 4.03. The van der Waals surface area contributed by atoms with Crippen LogP contribution in [0.2, 0.25) is 0 Å². The van der Waals surface area contributed by atoms with Gasteiger partial charge in [-0.2, -0.15) is 28.6 Å². The van der Waals surface area contributed by atoms with Gasteiger partial charge in [0.2, 0.25) is 0 Å². The van der Waals surface area contributed by atoms with E-state index in [1.54, 1.807) is 6.92 Å². The zero-order chi connectivity index (χ0) is 15.6. The molecule has 0 saturated heterocycles. The van der Waals surface area contributed by atoms with E-state index < -0.39 is 17.6 Å². The summed E-state index contributed by atoms with van der Waals surface area (Å²) in [6.45, 7) is 1.92. The highest BCUT2D eigenvalue weighted by Crippen LogP contribution is 2.37. The van der Waals surface area contributed by atoms with Crippen LogP contribution in [0.25, 0.3) is 11.3 Å². The normalized spacial score (nSPS) is 11.4. The lowest BCUT2D eigenvalue weighted by atomic mass is 10.0. The maximum atomic E-state index is 12.8. The van der Waals surface area contributed by atoms with E-state index in [0.29, 0.717) is 0 Å². The van der Waals surface area contributed by atoms with Crippen molar-refractivity contribution in [2.75, 3.05) is 6.61 Å². The van der Waals surface area contributed by atoms with Gasteiger partial charge in [0.05, 0.1) is 12.2 Å². The molecule has 0 aliphatic rings. The minimum Gasteiger partial charge on any atom is -0.493 e. The predicted octanol–water partition coefficient (Wildman–Crippen LogP) is 1.99. The lowest BCUT2D eigenvalue weighted by molar-refractivity contribution is -0.137. The number of H-pyrrole nitrogens is 1. The molecule has 3 N–H and O–H groups in total. The topological polar surface area (TPSA) is 93.9 Å². The predicted molar refractivity (Wildman–Crippen MR) is 66.5 cm³/mol. The highest BCUT2D eigenvalue weighted by atomic mass is 19.4. The minimum atomic E-state index is -4.53. The highest BCUT2D eigenvalue weighted by molar-refractivity contribution is 5.97. The maximum Gasteiger partial charge on any atom is 0.416 e. The van der Waals surface area contributed by atoms with E-state index in [1.807, 2.05) is 0 Å². The molecule has 1 aromatic carbocycles. The zero-order valence-corrected chi connectivity index (χ0v) is 10.9. The molecule has 0 atom stereocenters. The van der Waals surface area contributed by atoms with Gasteiger partial charge >= 0.3 is 6.18 Å². The molecule has 0 spiro atoms. The molecular formula is C12H11F3N4O2. The van der Waals surface area contributed by atoms with Gasteiger partial charge in [0.1, 0.15) is 11.4 Å². The van der Waals surface area contributed by atoms with Crippen LogP contribution in [0.4, 0.5) is 13.2 Å². The Labute approximate surface area is 117 Å². The molecule has 2 rings (SSSR count). The smallest absolute Gasteiger partial charge is 0.416 e. The van der Waals surface area contributed by atoms with Crippen LogP contribution in [0.3, 0.4) is 0 Å². The van der Waals surface area contributed by atoms with Crippen LogP contribution in [0, 0.1) is 0 Å². The summed E-state index contributed by atoms with van der Waals surface area (Å²) in [4.78, 5) is 11.2. The van der Waals surface area contributed by atoms with Gasteiger partial charge in [-0.15, -0.1) is 0 Å². The first-order chi connectivity index (χ1) is 9.84. The first kappa shape index (κ1) is 14.8. The third-order valence-electron chi connectivity index (χ3n) is 2.64. The van der Waals surface area contributed by atoms with Crippen molar-refractivity contribution >= 4 is 5.91 Å².